The van der Waals surface area contributed by atoms with Crippen LogP contribution in [0.3, 0.4) is 0 Å². The van der Waals surface area contributed by atoms with Gasteiger partial charge in [-0.05, 0) is 109 Å². The monoisotopic (exact) mass is 582 g/mol. The van der Waals surface area contributed by atoms with Gasteiger partial charge in [-0.25, -0.2) is 22.0 Å². The van der Waals surface area contributed by atoms with E-state index in [0.717, 1.165) is 74.2 Å². The summed E-state index contributed by atoms with van der Waals surface area (Å²) in [5, 5.41) is 0.725. The van der Waals surface area contributed by atoms with Gasteiger partial charge in [-0.2, -0.15) is 0 Å². The highest BCUT2D eigenvalue weighted by Gasteiger charge is 2.13. The number of benzene rings is 4. The molecule has 1 unspecified atom stereocenters. The van der Waals surface area contributed by atoms with Gasteiger partial charge in [0.1, 0.15) is 29.1 Å². The first kappa shape index (κ1) is 30.9. The zero-order chi connectivity index (χ0) is 29.5. The van der Waals surface area contributed by atoms with Gasteiger partial charge in [0.05, 0.1) is 0 Å². The second-order valence-corrected chi connectivity index (χ2v) is 11.5. The maximum Gasteiger partial charge on any atom is 0.131 e. The molecule has 0 heterocycles. The van der Waals surface area contributed by atoms with Crippen molar-refractivity contribution in [3.63, 3.8) is 0 Å². The van der Waals surface area contributed by atoms with Crippen LogP contribution in [-0.2, 0) is 12.8 Å². The summed E-state index contributed by atoms with van der Waals surface area (Å²) < 4.78 is 71.3. The minimum absolute atomic E-state index is 0.0702. The van der Waals surface area contributed by atoms with E-state index in [1.807, 2.05) is 12.1 Å². The lowest BCUT2D eigenvalue weighted by Gasteiger charge is -2.10. The quantitative estimate of drug-likeness (QED) is 0.0886. The third-order valence-corrected chi connectivity index (χ3v) is 8.39. The van der Waals surface area contributed by atoms with Crippen molar-refractivity contribution in [2.75, 3.05) is 0 Å². The second kappa shape index (κ2) is 14.2. The zero-order valence-corrected chi connectivity index (χ0v) is 24.8. The van der Waals surface area contributed by atoms with Crippen LogP contribution in [0.1, 0.15) is 67.2 Å². The predicted molar refractivity (Wildman–Crippen MR) is 162 cm³/mol. The highest BCUT2D eigenvalue weighted by Crippen LogP contribution is 2.28. The summed E-state index contributed by atoms with van der Waals surface area (Å²) in [5.74, 6) is -2.51. The van der Waals surface area contributed by atoms with Crippen LogP contribution in [0.4, 0.5) is 22.0 Å². The molecule has 216 valence electrons. The van der Waals surface area contributed by atoms with E-state index in [-0.39, 0.29) is 28.3 Å². The van der Waals surface area contributed by atoms with E-state index in [9.17, 15) is 22.0 Å². The van der Waals surface area contributed by atoms with Crippen LogP contribution < -0.4 is 5.30 Å². The van der Waals surface area contributed by atoms with Crippen LogP contribution in [0.5, 0.6) is 0 Å². The fourth-order valence-corrected chi connectivity index (χ4v) is 5.41. The van der Waals surface area contributed by atoms with Crippen molar-refractivity contribution in [1.82, 2.24) is 0 Å². The molecule has 41 heavy (non-hydrogen) atoms. The lowest BCUT2D eigenvalue weighted by atomic mass is 9.98. The minimum Gasteiger partial charge on any atom is -0.207 e. The van der Waals surface area contributed by atoms with Gasteiger partial charge in [0, 0.05) is 16.7 Å². The molecule has 0 radical (unpaired) electrons. The Morgan fingerprint density at radius 1 is 0.463 bits per heavy atom. The molecule has 4 aromatic carbocycles. The summed E-state index contributed by atoms with van der Waals surface area (Å²) in [4.78, 5) is 0. The Kier molecular flexibility index (Phi) is 10.7. The van der Waals surface area contributed by atoms with Crippen molar-refractivity contribution in [1.29, 1.82) is 0 Å². The molecule has 0 spiro atoms. The molecule has 0 aliphatic rings. The van der Waals surface area contributed by atoms with Crippen molar-refractivity contribution in [3.8, 4) is 22.3 Å². The second-order valence-electron chi connectivity index (χ2n) is 10.8. The molecule has 1 atom stereocenters. The van der Waals surface area contributed by atoms with Gasteiger partial charge in [-0.1, -0.05) is 56.4 Å². The highest BCUT2D eigenvalue weighted by atomic mass is 31.0. The minimum atomic E-state index is -0.682. The Morgan fingerprint density at radius 2 is 0.854 bits per heavy atom. The zero-order valence-electron chi connectivity index (χ0n) is 23.6. The largest absolute Gasteiger partial charge is 0.207 e. The fraction of sp³-hybridized carbons (Fsp3) is 0.314. The number of hydrogen-bond acceptors (Lipinski definition) is 0. The number of rotatable bonds is 12. The summed E-state index contributed by atoms with van der Waals surface area (Å²) >= 11 is 0. The summed E-state index contributed by atoms with van der Waals surface area (Å²) in [5.41, 5.74) is 3.65. The van der Waals surface area contributed by atoms with Crippen molar-refractivity contribution in [3.05, 3.63) is 112 Å². The Bertz CT molecular complexity index is 1350. The van der Waals surface area contributed by atoms with E-state index >= 15 is 0 Å². The molecule has 0 aliphatic heterocycles. The molecule has 0 aromatic heterocycles. The first-order valence-corrected chi connectivity index (χ1v) is 14.8. The Hall–Kier alpha value is -3.04. The summed E-state index contributed by atoms with van der Waals surface area (Å²) in [7, 11) is 2.50. The van der Waals surface area contributed by atoms with Crippen molar-refractivity contribution >= 4 is 14.5 Å². The number of aryl methyl sites for hydroxylation is 2. The average molecular weight is 583 g/mol. The van der Waals surface area contributed by atoms with E-state index in [1.54, 1.807) is 31.2 Å². The van der Waals surface area contributed by atoms with Crippen LogP contribution >= 0.6 is 9.24 Å². The summed E-state index contributed by atoms with van der Waals surface area (Å²) in [6.07, 6.45) is 8.90. The standard InChI is InChI=1S/C35H36F5P/c1-22-30(36)18-26(19-31(22)37)28-14-12-24(16-33(28)39)10-8-6-4-3-5-7-9-11-25-13-15-29(34(40)17-25)27-20-32(38)23(2)35(41)21-27/h12-21H,3-11,41H2,1-2H3. The van der Waals surface area contributed by atoms with Crippen LogP contribution in [0, 0.1) is 42.9 Å². The van der Waals surface area contributed by atoms with Gasteiger partial charge in [0.15, 0.2) is 0 Å². The molecule has 0 amide bonds. The molecule has 0 N–H and O–H groups in total. The third kappa shape index (κ3) is 8.04. The fourth-order valence-electron chi connectivity index (χ4n) is 5.10. The lowest BCUT2D eigenvalue weighted by molar-refractivity contribution is 0.568. The molecule has 0 saturated carbocycles. The van der Waals surface area contributed by atoms with Crippen molar-refractivity contribution in [2.45, 2.75) is 71.6 Å². The van der Waals surface area contributed by atoms with Crippen LogP contribution in [0.15, 0.2) is 60.7 Å². The molecule has 6 heteroatoms. The SMILES string of the molecule is Cc1c(F)cc(-c2ccc(CCCCCCCCCc3ccc(-c4cc(F)c(C)c(P)c4)c(F)c3)cc2F)cc1F. The maximum absolute atomic E-state index is 14.8. The topological polar surface area (TPSA) is 0 Å². The van der Waals surface area contributed by atoms with Crippen LogP contribution in [0.2, 0.25) is 0 Å². The Balaban J connectivity index is 1.14. The van der Waals surface area contributed by atoms with E-state index in [0.29, 0.717) is 16.7 Å². The molecule has 0 aliphatic carbocycles. The number of hydrogen-bond donors (Lipinski definition) is 0. The van der Waals surface area contributed by atoms with E-state index in [2.05, 4.69) is 9.24 Å². The molecule has 4 rings (SSSR count). The molecule has 0 bridgehead atoms. The van der Waals surface area contributed by atoms with Gasteiger partial charge >= 0.3 is 0 Å². The van der Waals surface area contributed by atoms with Crippen LogP contribution in [0.25, 0.3) is 22.3 Å². The van der Waals surface area contributed by atoms with Gasteiger partial charge in [0.25, 0.3) is 0 Å². The highest BCUT2D eigenvalue weighted by molar-refractivity contribution is 7.27. The lowest BCUT2D eigenvalue weighted by Crippen LogP contribution is -2.02. The average Bonchev–Trinajstić information content (AvgIpc) is 2.93. The molecule has 4 aromatic rings. The smallest absolute Gasteiger partial charge is 0.131 e. The van der Waals surface area contributed by atoms with Crippen LogP contribution in [-0.4, -0.2) is 0 Å². The van der Waals surface area contributed by atoms with E-state index in [4.69, 9.17) is 0 Å². The first-order chi connectivity index (χ1) is 19.6. The normalized spacial score (nSPS) is 11.3. The van der Waals surface area contributed by atoms with Gasteiger partial charge < -0.3 is 0 Å². The Labute approximate surface area is 242 Å². The summed E-state index contributed by atoms with van der Waals surface area (Å²) in [6, 6.07) is 15.6. The molecule has 0 saturated heterocycles. The molecule has 0 fully saturated rings. The molecule has 0 nitrogen and oxygen atoms in total. The van der Waals surface area contributed by atoms with Crippen molar-refractivity contribution < 1.29 is 22.0 Å². The molecular weight excluding hydrogens is 546 g/mol. The predicted octanol–water partition coefficient (Wildman–Crippen LogP) is 10.3. The summed E-state index contributed by atoms with van der Waals surface area (Å²) in [6.45, 7) is 3.06. The first-order valence-electron chi connectivity index (χ1n) is 14.2. The number of halogens is 5. The Morgan fingerprint density at radius 3 is 1.27 bits per heavy atom. The maximum atomic E-state index is 14.8. The van der Waals surface area contributed by atoms with E-state index in [1.165, 1.54) is 31.2 Å². The van der Waals surface area contributed by atoms with Gasteiger partial charge in [-0.15, -0.1) is 9.24 Å². The van der Waals surface area contributed by atoms with Gasteiger partial charge in [0.2, 0.25) is 0 Å². The third-order valence-electron chi connectivity index (χ3n) is 7.79. The number of unbranched alkanes of at least 4 members (excludes halogenated alkanes) is 6. The van der Waals surface area contributed by atoms with Crippen molar-refractivity contribution in [2.24, 2.45) is 0 Å². The van der Waals surface area contributed by atoms with E-state index < -0.39 is 17.5 Å². The van der Waals surface area contributed by atoms with Gasteiger partial charge in [-0.3, -0.25) is 0 Å². The molecular formula is C35H36F5P.